The van der Waals surface area contributed by atoms with Gasteiger partial charge in [-0.05, 0) is 38.1 Å². The lowest BCUT2D eigenvalue weighted by atomic mass is 10.1. The number of piperidine rings is 1. The molecule has 1 aromatic rings. The lowest BCUT2D eigenvalue weighted by Gasteiger charge is -2.23. The Bertz CT molecular complexity index is 461. The van der Waals surface area contributed by atoms with E-state index < -0.39 is 4.92 Å². The zero-order valence-electron chi connectivity index (χ0n) is 11.3. The van der Waals surface area contributed by atoms with E-state index in [0.29, 0.717) is 19.3 Å². The third-order valence-corrected chi connectivity index (χ3v) is 3.30. The fourth-order valence-electron chi connectivity index (χ4n) is 2.21. The number of hydrogen-bond donors (Lipinski definition) is 3. The summed E-state index contributed by atoms with van der Waals surface area (Å²) >= 11 is 0. The van der Waals surface area contributed by atoms with Crippen molar-refractivity contribution >= 4 is 17.1 Å². The van der Waals surface area contributed by atoms with Crippen LogP contribution in [0.2, 0.25) is 0 Å². The fourth-order valence-corrected chi connectivity index (χ4v) is 2.21. The Hall–Kier alpha value is -1.86. The summed E-state index contributed by atoms with van der Waals surface area (Å²) in [5, 5.41) is 17.1. The molecule has 0 aliphatic carbocycles. The number of nitrogen functional groups attached to an aromatic ring is 1. The predicted octanol–water partition coefficient (Wildman–Crippen LogP) is 1.36. The number of nitro groups is 1. The summed E-state index contributed by atoms with van der Waals surface area (Å²) in [7, 11) is 0. The molecule has 0 spiro atoms. The van der Waals surface area contributed by atoms with E-state index in [0.717, 1.165) is 31.6 Å². The summed E-state index contributed by atoms with van der Waals surface area (Å²) in [6.45, 7) is 3.29. The summed E-state index contributed by atoms with van der Waals surface area (Å²) in [6.07, 6.45) is 2.43. The average molecular weight is 280 g/mol. The molecule has 1 fully saturated rings. The molecule has 1 heterocycles. The minimum atomic E-state index is -0.487. The SMILES string of the molecule is Nc1cc(NCCOC2CCNCC2)ccc1[N+](=O)[O-]. The minimum Gasteiger partial charge on any atom is -0.393 e. The highest BCUT2D eigenvalue weighted by Gasteiger charge is 2.13. The maximum Gasteiger partial charge on any atom is 0.292 e. The molecule has 7 heteroatoms. The Morgan fingerprint density at radius 1 is 1.45 bits per heavy atom. The van der Waals surface area contributed by atoms with Crippen LogP contribution in [-0.4, -0.2) is 37.3 Å². The molecular formula is C13H20N4O3. The first-order chi connectivity index (χ1) is 9.66. The maximum absolute atomic E-state index is 10.6. The predicted molar refractivity (Wildman–Crippen MR) is 77.8 cm³/mol. The van der Waals surface area contributed by atoms with Gasteiger partial charge in [-0.3, -0.25) is 10.1 Å². The number of ether oxygens (including phenoxy) is 1. The van der Waals surface area contributed by atoms with Crippen molar-refractivity contribution in [2.75, 3.05) is 37.3 Å². The number of nitrogens with zero attached hydrogens (tertiary/aromatic N) is 1. The molecule has 0 unspecified atom stereocenters. The highest BCUT2D eigenvalue weighted by atomic mass is 16.6. The standard InChI is InChI=1S/C13H20N4O3/c14-12-9-10(1-2-13(12)17(18)19)16-7-8-20-11-3-5-15-6-4-11/h1-2,9,11,15-16H,3-8,14H2. The van der Waals surface area contributed by atoms with Crippen LogP contribution in [0.4, 0.5) is 17.1 Å². The van der Waals surface area contributed by atoms with E-state index in [1.165, 1.54) is 6.07 Å². The number of nitro benzene ring substituents is 1. The van der Waals surface area contributed by atoms with Crippen LogP contribution in [0.1, 0.15) is 12.8 Å². The first-order valence-corrected chi connectivity index (χ1v) is 6.77. The van der Waals surface area contributed by atoms with E-state index in [4.69, 9.17) is 10.5 Å². The second-order valence-corrected chi connectivity index (χ2v) is 4.78. The Morgan fingerprint density at radius 2 is 2.20 bits per heavy atom. The summed E-state index contributed by atoms with van der Waals surface area (Å²) in [5.41, 5.74) is 6.49. The van der Waals surface area contributed by atoms with Gasteiger partial charge in [0.05, 0.1) is 17.6 Å². The van der Waals surface area contributed by atoms with Crippen molar-refractivity contribution in [1.82, 2.24) is 5.32 Å². The van der Waals surface area contributed by atoms with Gasteiger partial charge in [-0.1, -0.05) is 0 Å². The fraction of sp³-hybridized carbons (Fsp3) is 0.538. The molecule has 7 nitrogen and oxygen atoms in total. The van der Waals surface area contributed by atoms with Crippen molar-refractivity contribution in [3.63, 3.8) is 0 Å². The molecule has 1 aliphatic heterocycles. The molecule has 110 valence electrons. The summed E-state index contributed by atoms with van der Waals surface area (Å²) in [4.78, 5) is 10.2. The molecule has 1 aromatic carbocycles. The largest absolute Gasteiger partial charge is 0.393 e. The van der Waals surface area contributed by atoms with Gasteiger partial charge in [0.1, 0.15) is 5.69 Å². The van der Waals surface area contributed by atoms with E-state index in [-0.39, 0.29) is 11.4 Å². The van der Waals surface area contributed by atoms with E-state index in [1.54, 1.807) is 12.1 Å². The van der Waals surface area contributed by atoms with Crippen molar-refractivity contribution < 1.29 is 9.66 Å². The van der Waals surface area contributed by atoms with Crippen LogP contribution in [0.15, 0.2) is 18.2 Å². The normalized spacial score (nSPS) is 16.0. The highest BCUT2D eigenvalue weighted by molar-refractivity contribution is 5.65. The number of rotatable bonds is 6. The van der Waals surface area contributed by atoms with Crippen LogP contribution < -0.4 is 16.4 Å². The third-order valence-electron chi connectivity index (χ3n) is 3.30. The third kappa shape index (κ3) is 4.07. The Morgan fingerprint density at radius 3 is 2.85 bits per heavy atom. The van der Waals surface area contributed by atoms with Crippen molar-refractivity contribution in [2.45, 2.75) is 18.9 Å². The van der Waals surface area contributed by atoms with Crippen molar-refractivity contribution in [3.8, 4) is 0 Å². The summed E-state index contributed by atoms with van der Waals surface area (Å²) in [5.74, 6) is 0. The highest BCUT2D eigenvalue weighted by Crippen LogP contribution is 2.24. The Kier molecular flexibility index (Phi) is 5.14. The molecule has 0 radical (unpaired) electrons. The second kappa shape index (κ2) is 7.06. The van der Waals surface area contributed by atoms with E-state index in [2.05, 4.69) is 10.6 Å². The number of hydrogen-bond acceptors (Lipinski definition) is 6. The lowest BCUT2D eigenvalue weighted by Crippen LogP contribution is -2.33. The first kappa shape index (κ1) is 14.5. The van der Waals surface area contributed by atoms with Gasteiger partial charge in [0, 0.05) is 18.3 Å². The monoisotopic (exact) mass is 280 g/mol. The lowest BCUT2D eigenvalue weighted by molar-refractivity contribution is -0.383. The van der Waals surface area contributed by atoms with E-state index in [9.17, 15) is 10.1 Å². The molecule has 0 amide bonds. The molecule has 4 N–H and O–H groups in total. The molecule has 0 bridgehead atoms. The molecule has 0 aromatic heterocycles. The van der Waals surface area contributed by atoms with Crippen LogP contribution in [0, 0.1) is 10.1 Å². The van der Waals surface area contributed by atoms with Crippen LogP contribution in [-0.2, 0) is 4.74 Å². The van der Waals surface area contributed by atoms with Crippen LogP contribution in [0.25, 0.3) is 0 Å². The topological polar surface area (TPSA) is 102 Å². The van der Waals surface area contributed by atoms with Gasteiger partial charge >= 0.3 is 0 Å². The van der Waals surface area contributed by atoms with E-state index >= 15 is 0 Å². The summed E-state index contributed by atoms with van der Waals surface area (Å²) < 4.78 is 5.75. The minimum absolute atomic E-state index is 0.0681. The average Bonchev–Trinajstić information content (AvgIpc) is 2.44. The van der Waals surface area contributed by atoms with Gasteiger partial charge in [-0.2, -0.15) is 0 Å². The molecule has 0 atom stereocenters. The van der Waals surface area contributed by atoms with Crippen LogP contribution >= 0.6 is 0 Å². The molecule has 20 heavy (non-hydrogen) atoms. The summed E-state index contributed by atoms with van der Waals surface area (Å²) in [6, 6.07) is 4.63. The number of benzene rings is 1. The number of nitrogens with two attached hydrogens (primary N) is 1. The molecule has 0 saturated carbocycles. The smallest absolute Gasteiger partial charge is 0.292 e. The maximum atomic E-state index is 10.6. The molecule has 1 saturated heterocycles. The number of nitrogens with one attached hydrogen (secondary N) is 2. The second-order valence-electron chi connectivity index (χ2n) is 4.78. The van der Waals surface area contributed by atoms with E-state index in [1.807, 2.05) is 0 Å². The van der Waals surface area contributed by atoms with Crippen molar-refractivity contribution in [2.24, 2.45) is 0 Å². The van der Waals surface area contributed by atoms with Gasteiger partial charge in [0.15, 0.2) is 0 Å². The molecule has 2 rings (SSSR count). The zero-order valence-corrected chi connectivity index (χ0v) is 11.3. The molecular weight excluding hydrogens is 260 g/mol. The van der Waals surface area contributed by atoms with Gasteiger partial charge in [-0.25, -0.2) is 0 Å². The van der Waals surface area contributed by atoms with Gasteiger partial charge in [0.25, 0.3) is 5.69 Å². The first-order valence-electron chi connectivity index (χ1n) is 6.77. The quantitative estimate of drug-likeness (QED) is 0.315. The Balaban J connectivity index is 1.73. The Labute approximate surface area is 117 Å². The zero-order chi connectivity index (χ0) is 14.4. The van der Waals surface area contributed by atoms with Crippen molar-refractivity contribution in [1.29, 1.82) is 0 Å². The van der Waals surface area contributed by atoms with Crippen molar-refractivity contribution in [3.05, 3.63) is 28.3 Å². The van der Waals surface area contributed by atoms with Crippen LogP contribution in [0.5, 0.6) is 0 Å². The number of anilines is 2. The van der Waals surface area contributed by atoms with Gasteiger partial charge in [0.2, 0.25) is 0 Å². The van der Waals surface area contributed by atoms with Gasteiger partial charge < -0.3 is 21.1 Å². The van der Waals surface area contributed by atoms with Gasteiger partial charge in [-0.15, -0.1) is 0 Å². The van der Waals surface area contributed by atoms with Crippen LogP contribution in [0.3, 0.4) is 0 Å². The molecule has 1 aliphatic rings.